The Morgan fingerprint density at radius 2 is 1.86 bits per heavy atom. The Morgan fingerprint density at radius 3 is 2.50 bits per heavy atom. The number of hydrogen-bond acceptors (Lipinski definition) is 3. The molecule has 7 heteroatoms. The van der Waals surface area contributed by atoms with E-state index in [1.807, 2.05) is 13.8 Å². The van der Waals surface area contributed by atoms with E-state index in [1.165, 1.54) is 23.1 Å². The van der Waals surface area contributed by atoms with Crippen molar-refractivity contribution in [2.45, 2.75) is 50.6 Å². The molecule has 1 aromatic carbocycles. The smallest absolute Gasteiger partial charge is 0.235 e. The first-order valence-electron chi connectivity index (χ1n) is 9.75. The van der Waals surface area contributed by atoms with Crippen LogP contribution < -0.4 is 0 Å². The molecule has 0 radical (unpaired) electrons. The maximum absolute atomic E-state index is 14.1. The number of likely N-dealkylation sites (tertiary alicyclic amines) is 1. The lowest BCUT2D eigenvalue weighted by atomic mass is 9.80. The van der Waals surface area contributed by atoms with Gasteiger partial charge in [0.25, 0.3) is 0 Å². The van der Waals surface area contributed by atoms with Crippen molar-refractivity contribution in [1.82, 2.24) is 15.1 Å². The van der Waals surface area contributed by atoms with Gasteiger partial charge >= 0.3 is 0 Å². The first-order chi connectivity index (χ1) is 13.5. The Balaban J connectivity index is 0.000000932. The van der Waals surface area contributed by atoms with Gasteiger partial charge in [0, 0.05) is 0 Å². The van der Waals surface area contributed by atoms with Crippen molar-refractivity contribution in [1.29, 1.82) is 0 Å². The summed E-state index contributed by atoms with van der Waals surface area (Å²) >= 11 is 0. The number of halogens is 3. The van der Waals surface area contributed by atoms with E-state index < -0.39 is 23.2 Å². The Hall–Kier alpha value is -2.44. The average molecular weight is 389 g/mol. The summed E-state index contributed by atoms with van der Waals surface area (Å²) in [5.74, 6) is -1.35. The third-order valence-corrected chi connectivity index (χ3v) is 5.98. The van der Waals surface area contributed by atoms with Gasteiger partial charge in [-0.15, -0.1) is 5.10 Å². The van der Waals surface area contributed by atoms with Crippen LogP contribution in [0.5, 0.6) is 0 Å². The molecule has 1 aliphatic heterocycles. The molecule has 2 bridgehead atoms. The number of carbonyl (C=O) groups is 1. The van der Waals surface area contributed by atoms with E-state index in [4.69, 9.17) is 0 Å². The highest BCUT2D eigenvalue weighted by Crippen LogP contribution is 2.57. The number of hydrogen-bond donors (Lipinski definition) is 0. The van der Waals surface area contributed by atoms with Crippen LogP contribution in [0.15, 0.2) is 24.3 Å². The highest BCUT2D eigenvalue weighted by Gasteiger charge is 2.58. The van der Waals surface area contributed by atoms with Crippen LogP contribution in [-0.2, 0) is 10.2 Å². The van der Waals surface area contributed by atoms with Crippen molar-refractivity contribution in [3.63, 3.8) is 0 Å². The minimum atomic E-state index is -0.953. The van der Waals surface area contributed by atoms with E-state index in [2.05, 4.69) is 10.2 Å². The van der Waals surface area contributed by atoms with Gasteiger partial charge in [-0.2, -0.15) is 5.10 Å². The molecule has 2 fully saturated rings. The predicted octanol–water partition coefficient (Wildman–Crippen LogP) is 4.15. The number of fused-ring (bicyclic) bond motifs is 5. The first kappa shape index (κ1) is 18.9. The van der Waals surface area contributed by atoms with Crippen molar-refractivity contribution < 1.29 is 18.0 Å². The Kier molecular flexibility index (Phi) is 4.63. The van der Waals surface area contributed by atoms with Crippen LogP contribution in [0.4, 0.5) is 13.2 Å². The number of nitrogens with zero attached hydrogens (tertiary/aromatic N) is 3. The topological polar surface area (TPSA) is 46.1 Å². The molecule has 0 spiro atoms. The van der Waals surface area contributed by atoms with Gasteiger partial charge in [-0.05, 0) is 48.9 Å². The molecule has 1 saturated heterocycles. The van der Waals surface area contributed by atoms with Gasteiger partial charge in [0.2, 0.25) is 5.91 Å². The highest BCUT2D eigenvalue weighted by molar-refractivity contribution is 5.91. The quantitative estimate of drug-likeness (QED) is 0.775. The molecule has 5 rings (SSSR count). The summed E-state index contributed by atoms with van der Waals surface area (Å²) in [6.45, 7) is 4.26. The zero-order valence-corrected chi connectivity index (χ0v) is 15.9. The second-order valence-electron chi connectivity index (χ2n) is 7.46. The van der Waals surface area contributed by atoms with Gasteiger partial charge < -0.3 is 4.90 Å². The van der Waals surface area contributed by atoms with Gasteiger partial charge in [-0.1, -0.05) is 19.9 Å². The highest BCUT2D eigenvalue weighted by atomic mass is 19.1. The number of benzene rings is 1. The second kappa shape index (κ2) is 6.87. The van der Waals surface area contributed by atoms with E-state index in [0.717, 1.165) is 12.0 Å². The molecule has 2 aromatic rings. The third kappa shape index (κ3) is 2.63. The third-order valence-electron chi connectivity index (χ3n) is 5.98. The summed E-state index contributed by atoms with van der Waals surface area (Å²) in [4.78, 5) is 14.5. The molecule has 0 N–H and O–H groups in total. The van der Waals surface area contributed by atoms with Crippen LogP contribution in [0.3, 0.4) is 0 Å². The van der Waals surface area contributed by atoms with Crippen molar-refractivity contribution in [3.05, 3.63) is 47.2 Å². The Bertz CT molecular complexity index is 909. The van der Waals surface area contributed by atoms with Crippen LogP contribution in [0.1, 0.15) is 50.3 Å². The van der Waals surface area contributed by atoms with Crippen molar-refractivity contribution in [2.24, 2.45) is 0 Å². The molecule has 1 amide bonds. The molecule has 4 nitrogen and oxygen atoms in total. The zero-order valence-electron chi connectivity index (χ0n) is 15.9. The van der Waals surface area contributed by atoms with Gasteiger partial charge in [0.1, 0.15) is 17.8 Å². The molecular weight excluding hydrogens is 367 g/mol. The molecule has 1 aromatic heterocycles. The number of rotatable bonds is 2. The monoisotopic (exact) mass is 389 g/mol. The van der Waals surface area contributed by atoms with Crippen LogP contribution in [-0.4, -0.2) is 40.3 Å². The average Bonchev–Trinajstić information content (AvgIpc) is 3.25. The maximum atomic E-state index is 14.1. The van der Waals surface area contributed by atoms with Crippen molar-refractivity contribution in [3.8, 4) is 11.3 Å². The number of aromatic nitrogens is 2. The Morgan fingerprint density at radius 1 is 1.18 bits per heavy atom. The molecule has 2 atom stereocenters. The maximum Gasteiger partial charge on any atom is 0.235 e. The fourth-order valence-corrected chi connectivity index (χ4v) is 4.67. The van der Waals surface area contributed by atoms with Gasteiger partial charge in [0.05, 0.1) is 35.5 Å². The van der Waals surface area contributed by atoms with Crippen LogP contribution >= 0.6 is 0 Å². The van der Waals surface area contributed by atoms with Crippen molar-refractivity contribution in [2.75, 3.05) is 13.1 Å². The number of alkyl halides is 1. The number of amides is 1. The van der Waals surface area contributed by atoms with E-state index in [0.29, 0.717) is 18.5 Å². The van der Waals surface area contributed by atoms with Crippen molar-refractivity contribution >= 4 is 5.91 Å². The summed E-state index contributed by atoms with van der Waals surface area (Å²) in [6, 6.07) is 5.33. The first-order valence-corrected chi connectivity index (χ1v) is 9.75. The minimum absolute atomic E-state index is 0.0910. The molecule has 1 saturated carbocycles. The molecule has 2 heterocycles. The second-order valence-corrected chi connectivity index (χ2v) is 7.46. The lowest BCUT2D eigenvalue weighted by Gasteiger charge is -2.40. The molecular formula is C21H22F3N3O. The Labute approximate surface area is 161 Å². The van der Waals surface area contributed by atoms with E-state index in [-0.39, 0.29) is 36.2 Å². The van der Waals surface area contributed by atoms with Gasteiger partial charge in [-0.3, -0.25) is 4.79 Å². The fourth-order valence-electron chi connectivity index (χ4n) is 4.67. The molecule has 2 aliphatic carbocycles. The van der Waals surface area contributed by atoms with E-state index in [9.17, 15) is 18.0 Å². The molecule has 3 aliphatic rings. The molecule has 0 unspecified atom stereocenters. The van der Waals surface area contributed by atoms with Gasteiger partial charge in [0.15, 0.2) is 0 Å². The normalized spacial score (nSPS) is 25.0. The summed E-state index contributed by atoms with van der Waals surface area (Å²) in [5, 5.41) is 8.26. The van der Waals surface area contributed by atoms with Crippen LogP contribution in [0.2, 0.25) is 0 Å². The van der Waals surface area contributed by atoms with Crippen LogP contribution in [0, 0.1) is 11.6 Å². The van der Waals surface area contributed by atoms with Gasteiger partial charge in [-0.25, -0.2) is 13.2 Å². The number of carbonyl (C=O) groups excluding carboxylic acids is 1. The molecule has 28 heavy (non-hydrogen) atoms. The summed E-state index contributed by atoms with van der Waals surface area (Å²) in [5.41, 5.74) is 0.631. The zero-order chi connectivity index (χ0) is 20.1. The predicted molar refractivity (Wildman–Crippen MR) is 98.5 cm³/mol. The lowest BCUT2D eigenvalue weighted by molar-refractivity contribution is -0.144. The SMILES string of the molecule is CC.O=C(N1CC(F)C1)[C@@]12CC[C@@H](C1)c1cc(-c3c(F)cccc3F)nnc12. The standard InChI is InChI=1S/C19H16F3N3O.C2H6/c20-11-8-25(9-11)18(26)19-5-4-10(7-19)12-6-15(23-24-17(12)19)16-13(21)2-1-3-14(16)22;1-2/h1-3,6,10-11H,4-5,7-9H2;1-2H3/t10-,19-;/m0./s1. The summed E-state index contributed by atoms with van der Waals surface area (Å²) in [6.07, 6.45) is 1.15. The summed E-state index contributed by atoms with van der Waals surface area (Å²) < 4.78 is 41.3. The van der Waals surface area contributed by atoms with Crippen LogP contribution in [0.25, 0.3) is 11.3 Å². The van der Waals surface area contributed by atoms with E-state index in [1.54, 1.807) is 6.07 Å². The molecule has 148 valence electrons. The largest absolute Gasteiger partial charge is 0.336 e. The van der Waals surface area contributed by atoms with E-state index >= 15 is 0 Å². The minimum Gasteiger partial charge on any atom is -0.336 e. The lowest BCUT2D eigenvalue weighted by Crippen LogP contribution is -2.57. The fraction of sp³-hybridized carbons (Fsp3) is 0.476. The summed E-state index contributed by atoms with van der Waals surface area (Å²) in [7, 11) is 0.